The van der Waals surface area contributed by atoms with Crippen molar-refractivity contribution in [2.24, 2.45) is 0 Å². The van der Waals surface area contributed by atoms with Crippen molar-refractivity contribution in [1.82, 2.24) is 0 Å². The molecule has 0 saturated carbocycles. The van der Waals surface area contributed by atoms with E-state index in [2.05, 4.69) is 15.9 Å². The maximum absolute atomic E-state index is 13.5. The van der Waals surface area contributed by atoms with Crippen LogP contribution in [0.25, 0.3) is 0 Å². The predicted molar refractivity (Wildman–Crippen MR) is 62.7 cm³/mol. The normalized spacial score (nSPS) is 12.4. The summed E-state index contributed by atoms with van der Waals surface area (Å²) in [7, 11) is 2.82. The average molecular weight is 293 g/mol. The van der Waals surface area contributed by atoms with Crippen LogP contribution < -0.4 is 9.47 Å². The van der Waals surface area contributed by atoms with Crippen LogP contribution in [0, 0.1) is 5.82 Å². The van der Waals surface area contributed by atoms with E-state index in [0.717, 1.165) is 0 Å². The highest BCUT2D eigenvalue weighted by molar-refractivity contribution is 9.10. The molecule has 90 valence electrons. The second kappa shape index (κ2) is 5.50. The van der Waals surface area contributed by atoms with E-state index in [0.29, 0.717) is 15.8 Å². The third kappa shape index (κ3) is 2.30. The Hall–Kier alpha value is -0.810. The van der Waals surface area contributed by atoms with Gasteiger partial charge in [-0.1, -0.05) is 22.9 Å². The fourth-order valence-electron chi connectivity index (χ4n) is 1.54. The molecule has 1 aromatic carbocycles. The zero-order valence-corrected chi connectivity index (χ0v) is 11.0. The molecule has 1 aromatic rings. The number of rotatable bonds is 4. The van der Waals surface area contributed by atoms with Crippen LogP contribution in [0.2, 0.25) is 0 Å². The zero-order valence-electron chi connectivity index (χ0n) is 9.38. The molecule has 3 nitrogen and oxygen atoms in total. The molecule has 0 saturated heterocycles. The van der Waals surface area contributed by atoms with Crippen molar-refractivity contribution in [3.8, 4) is 11.5 Å². The first kappa shape index (κ1) is 13.3. The summed E-state index contributed by atoms with van der Waals surface area (Å²) in [6.45, 7) is 1.77. The Labute approximate surface area is 102 Å². The maximum atomic E-state index is 13.5. The van der Waals surface area contributed by atoms with Crippen molar-refractivity contribution in [3.63, 3.8) is 0 Å². The second-order valence-electron chi connectivity index (χ2n) is 3.40. The molecule has 5 heteroatoms. The van der Waals surface area contributed by atoms with Crippen LogP contribution >= 0.6 is 15.9 Å². The lowest BCUT2D eigenvalue weighted by Gasteiger charge is -2.18. The molecule has 1 N–H and O–H groups in total. The van der Waals surface area contributed by atoms with E-state index in [1.807, 2.05) is 6.92 Å². The monoisotopic (exact) mass is 292 g/mol. The molecule has 0 fully saturated rings. The Morgan fingerprint density at radius 1 is 1.38 bits per heavy atom. The molecule has 0 heterocycles. The molecule has 16 heavy (non-hydrogen) atoms. The third-order valence-electron chi connectivity index (χ3n) is 2.35. The summed E-state index contributed by atoms with van der Waals surface area (Å²) >= 11 is 3.26. The van der Waals surface area contributed by atoms with Crippen molar-refractivity contribution in [3.05, 3.63) is 21.9 Å². The van der Waals surface area contributed by atoms with Gasteiger partial charge in [-0.15, -0.1) is 0 Å². The van der Waals surface area contributed by atoms with E-state index < -0.39 is 5.82 Å². The first-order valence-electron chi connectivity index (χ1n) is 4.77. The quantitative estimate of drug-likeness (QED) is 0.927. The summed E-state index contributed by atoms with van der Waals surface area (Å²) in [4.78, 5) is 0. The van der Waals surface area contributed by atoms with E-state index in [1.54, 1.807) is 0 Å². The number of ether oxygens (including phenoxy) is 2. The highest BCUT2D eigenvalue weighted by Crippen LogP contribution is 2.42. The van der Waals surface area contributed by atoms with Crippen LogP contribution in [0.15, 0.2) is 10.5 Å². The van der Waals surface area contributed by atoms with E-state index in [9.17, 15) is 4.39 Å². The SMILES string of the molecule is COc1c(F)cc(Br)c(C(C)CO)c1OC. The number of hydrogen-bond acceptors (Lipinski definition) is 3. The third-order valence-corrected chi connectivity index (χ3v) is 3.01. The Morgan fingerprint density at radius 3 is 2.38 bits per heavy atom. The topological polar surface area (TPSA) is 38.7 Å². The molecule has 0 aliphatic rings. The Morgan fingerprint density at radius 2 is 1.94 bits per heavy atom. The van der Waals surface area contributed by atoms with E-state index in [4.69, 9.17) is 14.6 Å². The van der Waals surface area contributed by atoms with Crippen molar-refractivity contribution < 1.29 is 19.0 Å². The Kier molecular flexibility index (Phi) is 4.56. The first-order chi connectivity index (χ1) is 7.56. The van der Waals surface area contributed by atoms with Crippen LogP contribution in [0.4, 0.5) is 4.39 Å². The van der Waals surface area contributed by atoms with Gasteiger partial charge in [0, 0.05) is 22.6 Å². The maximum Gasteiger partial charge on any atom is 0.197 e. The summed E-state index contributed by atoms with van der Waals surface area (Å²) in [6.07, 6.45) is 0. The summed E-state index contributed by atoms with van der Waals surface area (Å²) in [5.41, 5.74) is 0.697. The number of aliphatic hydroxyl groups is 1. The standard InChI is InChI=1S/C11H14BrFO3/c1-6(5-14)9-7(12)4-8(13)10(15-2)11(9)16-3/h4,6,14H,5H2,1-3H3. The molecule has 0 bridgehead atoms. The van der Waals surface area contributed by atoms with Crippen LogP contribution in [0.3, 0.4) is 0 Å². The summed E-state index contributed by atoms with van der Waals surface area (Å²) in [5, 5.41) is 9.15. The minimum absolute atomic E-state index is 0.0518. The van der Waals surface area contributed by atoms with Gasteiger partial charge < -0.3 is 14.6 Å². The van der Waals surface area contributed by atoms with Gasteiger partial charge in [-0.25, -0.2) is 4.39 Å². The molecule has 1 atom stereocenters. The second-order valence-corrected chi connectivity index (χ2v) is 4.26. The largest absolute Gasteiger partial charge is 0.492 e. The van der Waals surface area contributed by atoms with Gasteiger partial charge >= 0.3 is 0 Å². The molecular weight excluding hydrogens is 279 g/mol. The lowest BCUT2D eigenvalue weighted by atomic mass is 10.0. The van der Waals surface area contributed by atoms with Gasteiger partial charge in [-0.2, -0.15) is 0 Å². The van der Waals surface area contributed by atoms with Crippen molar-refractivity contribution in [1.29, 1.82) is 0 Å². The lowest BCUT2D eigenvalue weighted by molar-refractivity contribution is 0.266. The molecule has 0 aliphatic carbocycles. The smallest absolute Gasteiger partial charge is 0.197 e. The van der Waals surface area contributed by atoms with Gasteiger partial charge in [0.25, 0.3) is 0 Å². The lowest BCUT2D eigenvalue weighted by Crippen LogP contribution is -2.06. The number of benzene rings is 1. The fraction of sp³-hybridized carbons (Fsp3) is 0.455. The zero-order chi connectivity index (χ0) is 12.3. The molecular formula is C11H14BrFO3. The van der Waals surface area contributed by atoms with E-state index in [-0.39, 0.29) is 18.3 Å². The van der Waals surface area contributed by atoms with Crippen LogP contribution in [-0.4, -0.2) is 25.9 Å². The highest BCUT2D eigenvalue weighted by Gasteiger charge is 2.22. The van der Waals surface area contributed by atoms with Crippen LogP contribution in [0.5, 0.6) is 11.5 Å². The van der Waals surface area contributed by atoms with Gasteiger partial charge in [0.1, 0.15) is 0 Å². The van der Waals surface area contributed by atoms with E-state index >= 15 is 0 Å². The predicted octanol–water partition coefficient (Wildman–Crippen LogP) is 2.70. The van der Waals surface area contributed by atoms with Gasteiger partial charge in [0.05, 0.1) is 14.2 Å². The Balaban J connectivity index is 3.45. The molecule has 1 rings (SSSR count). The highest BCUT2D eigenvalue weighted by atomic mass is 79.9. The molecule has 0 spiro atoms. The Bertz CT molecular complexity index is 382. The minimum atomic E-state index is -0.500. The van der Waals surface area contributed by atoms with Crippen LogP contribution in [-0.2, 0) is 0 Å². The first-order valence-corrected chi connectivity index (χ1v) is 5.56. The van der Waals surface area contributed by atoms with Crippen molar-refractivity contribution in [2.45, 2.75) is 12.8 Å². The van der Waals surface area contributed by atoms with Gasteiger partial charge in [-0.05, 0) is 6.07 Å². The number of methoxy groups -OCH3 is 2. The molecule has 0 aliphatic heterocycles. The van der Waals surface area contributed by atoms with Crippen molar-refractivity contribution in [2.75, 3.05) is 20.8 Å². The fourth-order valence-corrected chi connectivity index (χ4v) is 2.31. The molecule has 0 aromatic heterocycles. The van der Waals surface area contributed by atoms with E-state index in [1.165, 1.54) is 20.3 Å². The summed E-state index contributed by atoms with van der Waals surface area (Å²) in [6, 6.07) is 1.31. The number of hydrogen-bond donors (Lipinski definition) is 1. The van der Waals surface area contributed by atoms with Gasteiger partial charge in [0.15, 0.2) is 17.3 Å². The summed E-state index contributed by atoms with van der Waals surface area (Å²) in [5.74, 6) is -0.295. The minimum Gasteiger partial charge on any atom is -0.492 e. The number of halogens is 2. The van der Waals surface area contributed by atoms with Gasteiger partial charge in [-0.3, -0.25) is 0 Å². The average Bonchev–Trinajstić information content (AvgIpc) is 2.27. The number of aliphatic hydroxyl groups excluding tert-OH is 1. The summed E-state index contributed by atoms with van der Waals surface area (Å²) < 4.78 is 24.2. The van der Waals surface area contributed by atoms with Crippen molar-refractivity contribution >= 4 is 15.9 Å². The van der Waals surface area contributed by atoms with Crippen LogP contribution in [0.1, 0.15) is 18.4 Å². The molecule has 0 amide bonds. The molecule has 1 unspecified atom stereocenters. The molecule has 0 radical (unpaired) electrons. The van der Waals surface area contributed by atoms with Gasteiger partial charge in [0.2, 0.25) is 0 Å².